The molecule has 0 amide bonds. The zero-order valence-corrected chi connectivity index (χ0v) is 10.8. The molecule has 2 heterocycles. The molecule has 1 aliphatic heterocycles. The minimum absolute atomic E-state index is 0.578. The third-order valence-electron chi connectivity index (χ3n) is 3.36. The summed E-state index contributed by atoms with van der Waals surface area (Å²) in [5.41, 5.74) is 7.41. The Balaban J connectivity index is 2.06. The highest BCUT2D eigenvalue weighted by Crippen LogP contribution is 2.27. The second-order valence-corrected chi connectivity index (χ2v) is 5.05. The summed E-state index contributed by atoms with van der Waals surface area (Å²) in [6.07, 6.45) is 4.64. The maximum Gasteiger partial charge on any atom is 0.164 e. The third-order valence-corrected chi connectivity index (χ3v) is 3.71. The molecule has 2 aromatic rings. The Kier molecular flexibility index (Phi) is 2.96. The van der Waals surface area contributed by atoms with Crippen LogP contribution < -0.4 is 5.73 Å². The average Bonchev–Trinajstić information content (AvgIpc) is 2.62. The Bertz CT molecular complexity index is 576. The van der Waals surface area contributed by atoms with Gasteiger partial charge in [-0.25, -0.2) is 0 Å². The predicted octanol–water partition coefficient (Wildman–Crippen LogP) is 2.91. The molecule has 0 atom stereocenters. The number of nitrogen functional groups attached to an aromatic ring is 1. The highest BCUT2D eigenvalue weighted by molar-refractivity contribution is 6.33. The first-order valence-electron chi connectivity index (χ1n) is 6.23. The number of hydrogen-bond acceptors (Lipinski definition) is 3. The van der Waals surface area contributed by atoms with Gasteiger partial charge in [0.2, 0.25) is 0 Å². The van der Waals surface area contributed by atoms with Crippen molar-refractivity contribution in [3.05, 3.63) is 29.0 Å². The Morgan fingerprint density at radius 3 is 2.89 bits per heavy atom. The Morgan fingerprint density at radius 1 is 1.17 bits per heavy atom. The van der Waals surface area contributed by atoms with Gasteiger partial charge in [0.1, 0.15) is 5.82 Å². The fourth-order valence-electron chi connectivity index (χ4n) is 2.38. The molecule has 94 valence electrons. The zero-order chi connectivity index (χ0) is 12.5. The summed E-state index contributed by atoms with van der Waals surface area (Å²) in [5.74, 6) is 1.98. The SMILES string of the molecule is Nc1cc(-c2nnc3n2CCCCC3)ccc1Cl. The molecule has 2 N–H and O–H groups in total. The first-order valence-corrected chi connectivity index (χ1v) is 6.61. The Morgan fingerprint density at radius 2 is 2.06 bits per heavy atom. The van der Waals surface area contributed by atoms with Crippen LogP contribution in [0.5, 0.6) is 0 Å². The van der Waals surface area contributed by atoms with E-state index in [0.29, 0.717) is 10.7 Å². The second-order valence-electron chi connectivity index (χ2n) is 4.64. The summed E-state index contributed by atoms with van der Waals surface area (Å²) in [4.78, 5) is 0. The maximum atomic E-state index is 5.94. The summed E-state index contributed by atoms with van der Waals surface area (Å²) < 4.78 is 2.20. The van der Waals surface area contributed by atoms with E-state index in [2.05, 4.69) is 14.8 Å². The van der Waals surface area contributed by atoms with Crippen LogP contribution in [0, 0.1) is 0 Å². The molecule has 0 bridgehead atoms. The Hall–Kier alpha value is -1.55. The van der Waals surface area contributed by atoms with Crippen molar-refractivity contribution >= 4 is 17.3 Å². The molecule has 0 unspecified atom stereocenters. The minimum Gasteiger partial charge on any atom is -0.398 e. The molecule has 0 fully saturated rings. The van der Waals surface area contributed by atoms with Gasteiger partial charge in [0.15, 0.2) is 5.82 Å². The Labute approximate surface area is 111 Å². The van der Waals surface area contributed by atoms with Gasteiger partial charge in [-0.05, 0) is 31.0 Å². The molecule has 3 rings (SSSR count). The summed E-state index contributed by atoms with van der Waals surface area (Å²) >= 11 is 5.94. The molecule has 1 aromatic carbocycles. The van der Waals surface area contributed by atoms with Crippen LogP contribution in [0.1, 0.15) is 25.1 Å². The molecule has 1 aliphatic rings. The topological polar surface area (TPSA) is 56.7 Å². The highest BCUT2D eigenvalue weighted by Gasteiger charge is 2.16. The van der Waals surface area contributed by atoms with E-state index < -0.39 is 0 Å². The van der Waals surface area contributed by atoms with Crippen molar-refractivity contribution in [1.82, 2.24) is 14.8 Å². The number of halogens is 1. The molecule has 0 saturated heterocycles. The van der Waals surface area contributed by atoms with Gasteiger partial charge in [-0.2, -0.15) is 0 Å². The van der Waals surface area contributed by atoms with Crippen molar-refractivity contribution in [1.29, 1.82) is 0 Å². The molecule has 18 heavy (non-hydrogen) atoms. The first kappa shape index (κ1) is 11.5. The maximum absolute atomic E-state index is 5.94. The summed E-state index contributed by atoms with van der Waals surface area (Å²) in [6, 6.07) is 5.62. The zero-order valence-electron chi connectivity index (χ0n) is 10.1. The molecule has 4 nitrogen and oxygen atoms in total. The van der Waals surface area contributed by atoms with Crippen LogP contribution in [-0.2, 0) is 13.0 Å². The van der Waals surface area contributed by atoms with Crippen LogP contribution in [0.3, 0.4) is 0 Å². The van der Waals surface area contributed by atoms with Crippen LogP contribution in [0.2, 0.25) is 5.02 Å². The van der Waals surface area contributed by atoms with Crippen molar-refractivity contribution < 1.29 is 0 Å². The predicted molar refractivity (Wildman–Crippen MR) is 72.4 cm³/mol. The molecular weight excluding hydrogens is 248 g/mol. The number of rotatable bonds is 1. The normalized spacial score (nSPS) is 15.2. The van der Waals surface area contributed by atoms with E-state index in [9.17, 15) is 0 Å². The van der Waals surface area contributed by atoms with Gasteiger partial charge in [0.05, 0.1) is 10.7 Å². The number of hydrogen-bond donors (Lipinski definition) is 1. The van der Waals surface area contributed by atoms with Gasteiger partial charge in [0.25, 0.3) is 0 Å². The van der Waals surface area contributed by atoms with Gasteiger partial charge in [-0.15, -0.1) is 10.2 Å². The molecular formula is C13H15ClN4. The number of fused-ring (bicyclic) bond motifs is 1. The number of nitrogens with two attached hydrogens (primary N) is 1. The van der Waals surface area contributed by atoms with Gasteiger partial charge in [-0.1, -0.05) is 18.0 Å². The third kappa shape index (κ3) is 1.97. The number of nitrogens with zero attached hydrogens (tertiary/aromatic N) is 3. The fourth-order valence-corrected chi connectivity index (χ4v) is 2.50. The number of anilines is 1. The van der Waals surface area contributed by atoms with Crippen LogP contribution >= 0.6 is 11.6 Å². The second kappa shape index (κ2) is 4.61. The number of benzene rings is 1. The van der Waals surface area contributed by atoms with E-state index in [1.807, 2.05) is 18.2 Å². The molecule has 0 spiro atoms. The smallest absolute Gasteiger partial charge is 0.164 e. The molecule has 0 saturated carbocycles. The average molecular weight is 263 g/mol. The van der Waals surface area contributed by atoms with E-state index in [4.69, 9.17) is 17.3 Å². The lowest BCUT2D eigenvalue weighted by Gasteiger charge is -2.07. The highest BCUT2D eigenvalue weighted by atomic mass is 35.5. The number of aromatic nitrogens is 3. The monoisotopic (exact) mass is 262 g/mol. The molecule has 5 heteroatoms. The van der Waals surface area contributed by atoms with Gasteiger partial charge >= 0.3 is 0 Å². The van der Waals surface area contributed by atoms with Crippen molar-refractivity contribution in [2.24, 2.45) is 0 Å². The standard InChI is InChI=1S/C13H15ClN4/c14-10-6-5-9(8-11(10)15)13-17-16-12-4-2-1-3-7-18(12)13/h5-6,8H,1-4,7,15H2. The fraction of sp³-hybridized carbons (Fsp3) is 0.385. The van der Waals surface area contributed by atoms with E-state index in [-0.39, 0.29) is 0 Å². The lowest BCUT2D eigenvalue weighted by atomic mass is 10.2. The lowest BCUT2D eigenvalue weighted by molar-refractivity contribution is 0.636. The van der Waals surface area contributed by atoms with Crippen LogP contribution in [0.25, 0.3) is 11.4 Å². The molecule has 0 aliphatic carbocycles. The van der Waals surface area contributed by atoms with Crippen molar-refractivity contribution in [2.45, 2.75) is 32.2 Å². The van der Waals surface area contributed by atoms with Crippen molar-refractivity contribution in [3.63, 3.8) is 0 Å². The van der Waals surface area contributed by atoms with Crippen LogP contribution in [0.15, 0.2) is 18.2 Å². The minimum atomic E-state index is 0.578. The van der Waals surface area contributed by atoms with Crippen molar-refractivity contribution in [3.8, 4) is 11.4 Å². The van der Waals surface area contributed by atoms with E-state index in [1.54, 1.807) is 0 Å². The molecule has 1 aromatic heterocycles. The van der Waals surface area contributed by atoms with E-state index >= 15 is 0 Å². The van der Waals surface area contributed by atoms with Crippen LogP contribution in [-0.4, -0.2) is 14.8 Å². The lowest BCUT2D eigenvalue weighted by Crippen LogP contribution is -2.03. The van der Waals surface area contributed by atoms with Gasteiger partial charge in [-0.3, -0.25) is 0 Å². The van der Waals surface area contributed by atoms with E-state index in [1.165, 1.54) is 19.3 Å². The van der Waals surface area contributed by atoms with Gasteiger partial charge < -0.3 is 10.3 Å². The first-order chi connectivity index (χ1) is 8.75. The molecule has 0 radical (unpaired) electrons. The van der Waals surface area contributed by atoms with Gasteiger partial charge in [0, 0.05) is 18.5 Å². The summed E-state index contributed by atoms with van der Waals surface area (Å²) in [5, 5.41) is 9.16. The largest absolute Gasteiger partial charge is 0.398 e. The van der Waals surface area contributed by atoms with Crippen molar-refractivity contribution in [2.75, 3.05) is 5.73 Å². The van der Waals surface area contributed by atoms with E-state index in [0.717, 1.165) is 30.2 Å². The summed E-state index contributed by atoms with van der Waals surface area (Å²) in [6.45, 7) is 0.986. The summed E-state index contributed by atoms with van der Waals surface area (Å²) in [7, 11) is 0. The number of aryl methyl sites for hydroxylation is 1. The van der Waals surface area contributed by atoms with Crippen LogP contribution in [0.4, 0.5) is 5.69 Å². The quantitative estimate of drug-likeness (QED) is 0.804.